The van der Waals surface area contributed by atoms with Crippen LogP contribution < -0.4 is 10.6 Å². The molecule has 1 aliphatic rings. The molecule has 1 aromatic carbocycles. The summed E-state index contributed by atoms with van der Waals surface area (Å²) in [5.74, 6) is 1.02. The van der Waals surface area contributed by atoms with E-state index in [4.69, 9.17) is 5.73 Å². The molecule has 0 radical (unpaired) electrons. The van der Waals surface area contributed by atoms with Crippen LogP contribution in [-0.4, -0.2) is 19.1 Å². The van der Waals surface area contributed by atoms with Gasteiger partial charge in [-0.1, -0.05) is 19.9 Å². The zero-order chi connectivity index (χ0) is 13.1. The van der Waals surface area contributed by atoms with Gasteiger partial charge in [0.1, 0.15) is 5.82 Å². The van der Waals surface area contributed by atoms with Gasteiger partial charge in [0.15, 0.2) is 0 Å². The first-order valence-corrected chi connectivity index (χ1v) is 6.82. The molecule has 2 nitrogen and oxygen atoms in total. The smallest absolute Gasteiger partial charge is 0.125 e. The first kappa shape index (κ1) is 13.3. The van der Waals surface area contributed by atoms with E-state index < -0.39 is 0 Å². The lowest BCUT2D eigenvalue weighted by atomic mass is 9.93. The summed E-state index contributed by atoms with van der Waals surface area (Å²) in [6, 6.07) is 7.14. The number of rotatable bonds is 4. The van der Waals surface area contributed by atoms with Crippen LogP contribution in [0.15, 0.2) is 24.3 Å². The van der Waals surface area contributed by atoms with Crippen molar-refractivity contribution in [2.75, 3.05) is 18.0 Å². The van der Waals surface area contributed by atoms with Crippen LogP contribution >= 0.6 is 0 Å². The van der Waals surface area contributed by atoms with Crippen molar-refractivity contribution in [3.8, 4) is 0 Å². The fourth-order valence-corrected chi connectivity index (χ4v) is 2.59. The minimum Gasteiger partial charge on any atom is -0.371 e. The van der Waals surface area contributed by atoms with Gasteiger partial charge in [-0.3, -0.25) is 0 Å². The largest absolute Gasteiger partial charge is 0.371 e. The first-order chi connectivity index (χ1) is 8.56. The molecule has 0 aromatic heterocycles. The maximum atomic E-state index is 13.2. The van der Waals surface area contributed by atoms with E-state index in [0.29, 0.717) is 11.8 Å². The molecule has 0 amide bonds. The van der Waals surface area contributed by atoms with Gasteiger partial charge < -0.3 is 10.6 Å². The summed E-state index contributed by atoms with van der Waals surface area (Å²) in [6.45, 7) is 6.36. The van der Waals surface area contributed by atoms with Gasteiger partial charge in [0.25, 0.3) is 0 Å². The van der Waals surface area contributed by atoms with Crippen LogP contribution in [0.1, 0.15) is 26.7 Å². The lowest BCUT2D eigenvalue weighted by Gasteiger charge is -2.21. The molecule has 100 valence electrons. The fraction of sp³-hybridized carbons (Fsp3) is 0.600. The van der Waals surface area contributed by atoms with Gasteiger partial charge in [-0.15, -0.1) is 0 Å². The van der Waals surface area contributed by atoms with E-state index in [2.05, 4.69) is 18.7 Å². The highest BCUT2D eigenvalue weighted by Gasteiger charge is 2.25. The molecular weight excluding hydrogens is 227 g/mol. The molecule has 2 N–H and O–H groups in total. The third-order valence-corrected chi connectivity index (χ3v) is 3.92. The second-order valence-electron chi connectivity index (χ2n) is 5.72. The maximum absolute atomic E-state index is 13.2. The lowest BCUT2D eigenvalue weighted by molar-refractivity contribution is 0.391. The van der Waals surface area contributed by atoms with Crippen LogP contribution in [0.4, 0.5) is 10.1 Å². The van der Waals surface area contributed by atoms with Gasteiger partial charge in [0, 0.05) is 24.8 Å². The zero-order valence-corrected chi connectivity index (χ0v) is 11.3. The van der Waals surface area contributed by atoms with Crippen molar-refractivity contribution in [2.24, 2.45) is 17.6 Å². The van der Waals surface area contributed by atoms with Crippen molar-refractivity contribution in [1.29, 1.82) is 0 Å². The normalized spacial score (nSPS) is 21.6. The molecule has 2 rings (SSSR count). The van der Waals surface area contributed by atoms with Crippen molar-refractivity contribution < 1.29 is 4.39 Å². The Labute approximate surface area is 109 Å². The molecule has 1 saturated heterocycles. The van der Waals surface area contributed by atoms with Crippen molar-refractivity contribution in [2.45, 2.75) is 32.7 Å². The molecule has 1 heterocycles. The number of hydrogen-bond donors (Lipinski definition) is 1. The molecule has 1 aliphatic heterocycles. The van der Waals surface area contributed by atoms with E-state index in [-0.39, 0.29) is 11.9 Å². The molecule has 0 aliphatic carbocycles. The Bertz CT molecular complexity index is 392. The van der Waals surface area contributed by atoms with Crippen LogP contribution in [-0.2, 0) is 0 Å². The molecule has 2 unspecified atom stereocenters. The topological polar surface area (TPSA) is 29.3 Å². The Morgan fingerprint density at radius 1 is 1.44 bits per heavy atom. The third kappa shape index (κ3) is 3.22. The van der Waals surface area contributed by atoms with Crippen LogP contribution in [0.5, 0.6) is 0 Å². The molecule has 2 atom stereocenters. The lowest BCUT2D eigenvalue weighted by Crippen LogP contribution is -2.30. The molecule has 0 spiro atoms. The summed E-state index contributed by atoms with van der Waals surface area (Å²) in [5.41, 5.74) is 7.12. The summed E-state index contributed by atoms with van der Waals surface area (Å²) in [5, 5.41) is 0. The zero-order valence-electron chi connectivity index (χ0n) is 11.3. The highest BCUT2D eigenvalue weighted by atomic mass is 19.1. The van der Waals surface area contributed by atoms with E-state index in [9.17, 15) is 4.39 Å². The second-order valence-corrected chi connectivity index (χ2v) is 5.72. The molecule has 18 heavy (non-hydrogen) atoms. The van der Waals surface area contributed by atoms with E-state index >= 15 is 0 Å². The number of halogens is 1. The highest BCUT2D eigenvalue weighted by Crippen LogP contribution is 2.27. The number of nitrogens with zero attached hydrogens (tertiary/aromatic N) is 1. The van der Waals surface area contributed by atoms with Gasteiger partial charge in [-0.05, 0) is 42.9 Å². The SMILES string of the molecule is CC(C)C(N)CC1CCN(c2cccc(F)c2)C1. The van der Waals surface area contributed by atoms with E-state index in [1.165, 1.54) is 6.07 Å². The van der Waals surface area contributed by atoms with E-state index in [1.54, 1.807) is 12.1 Å². The predicted molar refractivity (Wildman–Crippen MR) is 74.2 cm³/mol. The molecular formula is C15H23FN2. The van der Waals surface area contributed by atoms with Crippen molar-refractivity contribution in [3.05, 3.63) is 30.1 Å². The van der Waals surface area contributed by atoms with Gasteiger partial charge in [-0.25, -0.2) is 4.39 Å². The summed E-state index contributed by atoms with van der Waals surface area (Å²) in [4.78, 5) is 2.26. The third-order valence-electron chi connectivity index (χ3n) is 3.92. The number of nitrogens with two attached hydrogens (primary N) is 1. The fourth-order valence-electron chi connectivity index (χ4n) is 2.59. The number of hydrogen-bond acceptors (Lipinski definition) is 2. The van der Waals surface area contributed by atoms with Crippen molar-refractivity contribution in [1.82, 2.24) is 0 Å². The van der Waals surface area contributed by atoms with Gasteiger partial charge in [0.2, 0.25) is 0 Å². The average Bonchev–Trinajstić information content (AvgIpc) is 2.77. The summed E-state index contributed by atoms with van der Waals surface area (Å²) >= 11 is 0. The maximum Gasteiger partial charge on any atom is 0.125 e. The van der Waals surface area contributed by atoms with Crippen LogP contribution in [0.25, 0.3) is 0 Å². The Morgan fingerprint density at radius 3 is 2.89 bits per heavy atom. The highest BCUT2D eigenvalue weighted by molar-refractivity contribution is 5.47. The van der Waals surface area contributed by atoms with Crippen molar-refractivity contribution in [3.63, 3.8) is 0 Å². The Morgan fingerprint density at radius 2 is 2.22 bits per heavy atom. The van der Waals surface area contributed by atoms with E-state index in [0.717, 1.165) is 31.6 Å². The summed E-state index contributed by atoms with van der Waals surface area (Å²) < 4.78 is 13.2. The van der Waals surface area contributed by atoms with Gasteiger partial charge in [0.05, 0.1) is 0 Å². The standard InChI is InChI=1S/C15H23FN2/c1-11(2)15(17)8-12-6-7-18(10-12)14-5-3-4-13(16)9-14/h3-5,9,11-12,15H,6-8,10,17H2,1-2H3. The van der Waals surface area contributed by atoms with Gasteiger partial charge in [-0.2, -0.15) is 0 Å². The van der Waals surface area contributed by atoms with Crippen LogP contribution in [0, 0.1) is 17.7 Å². The number of benzene rings is 1. The van der Waals surface area contributed by atoms with E-state index in [1.807, 2.05) is 6.07 Å². The quantitative estimate of drug-likeness (QED) is 0.890. The molecule has 0 saturated carbocycles. The summed E-state index contributed by atoms with van der Waals surface area (Å²) in [7, 11) is 0. The molecule has 1 fully saturated rings. The average molecular weight is 250 g/mol. The number of anilines is 1. The minimum atomic E-state index is -0.158. The van der Waals surface area contributed by atoms with Crippen molar-refractivity contribution >= 4 is 5.69 Å². The Hall–Kier alpha value is -1.09. The minimum absolute atomic E-state index is 0.158. The Balaban J connectivity index is 1.92. The second kappa shape index (κ2) is 5.70. The monoisotopic (exact) mass is 250 g/mol. The predicted octanol–water partition coefficient (Wildman–Crippen LogP) is 3.03. The van der Waals surface area contributed by atoms with Crippen LogP contribution in [0.2, 0.25) is 0 Å². The molecule has 3 heteroatoms. The molecule has 1 aromatic rings. The van der Waals surface area contributed by atoms with Gasteiger partial charge >= 0.3 is 0 Å². The first-order valence-electron chi connectivity index (χ1n) is 6.82. The van der Waals surface area contributed by atoms with Crippen LogP contribution in [0.3, 0.4) is 0 Å². The molecule has 0 bridgehead atoms. The Kier molecular flexibility index (Phi) is 4.23. The summed E-state index contributed by atoms with van der Waals surface area (Å²) in [6.07, 6.45) is 2.24.